The van der Waals surface area contributed by atoms with Crippen LogP contribution < -0.4 is 21.8 Å². The van der Waals surface area contributed by atoms with E-state index in [1.165, 1.54) is 6.20 Å². The number of carbonyl (C=O) groups is 1. The number of anilines is 2. The van der Waals surface area contributed by atoms with E-state index >= 15 is 0 Å². The number of hydrogen-bond acceptors (Lipinski definition) is 5. The van der Waals surface area contributed by atoms with Gasteiger partial charge in [0.1, 0.15) is 18.1 Å². The number of nitrogens with two attached hydrogens (primary N) is 2. The minimum atomic E-state index is -4.42. The molecule has 1 unspecified atom stereocenters. The zero-order chi connectivity index (χ0) is 22.6. The highest BCUT2D eigenvalue weighted by atomic mass is 19.4. The van der Waals surface area contributed by atoms with Crippen molar-refractivity contribution in [2.75, 3.05) is 11.1 Å². The lowest BCUT2D eigenvalue weighted by Gasteiger charge is -2.22. The number of H-pyrrole nitrogens is 2. The first-order valence-electron chi connectivity index (χ1n) is 9.93. The highest BCUT2D eigenvalue weighted by molar-refractivity contribution is 6.18. The molecule has 4 aromatic rings. The number of aromatic amines is 2. The van der Waals surface area contributed by atoms with Crippen molar-refractivity contribution in [3.8, 4) is 11.1 Å². The smallest absolute Gasteiger partial charge is 0.365 e. The molecule has 0 aliphatic heterocycles. The quantitative estimate of drug-likeness (QED) is 0.377. The van der Waals surface area contributed by atoms with Crippen LogP contribution in [-0.2, 0) is 0 Å². The fourth-order valence-corrected chi connectivity index (χ4v) is 3.95. The fraction of sp³-hybridized carbons (Fsp3) is 0.238. The summed E-state index contributed by atoms with van der Waals surface area (Å²) in [5.74, 6) is -0.898. The van der Waals surface area contributed by atoms with Crippen LogP contribution in [0.4, 0.5) is 24.9 Å². The third-order valence-electron chi connectivity index (χ3n) is 5.68. The lowest BCUT2D eigenvalue weighted by atomic mass is 10.1. The minimum Gasteiger partial charge on any atom is -0.365 e. The molecule has 0 bridgehead atoms. The number of rotatable bonds is 5. The van der Waals surface area contributed by atoms with Crippen molar-refractivity contribution in [2.24, 2.45) is 11.7 Å². The Kier molecular flexibility index (Phi) is 4.43. The topological polar surface area (TPSA) is 137 Å². The highest BCUT2D eigenvalue weighted by Crippen LogP contribution is 2.43. The first-order chi connectivity index (χ1) is 15.2. The molecule has 1 aliphatic carbocycles. The lowest BCUT2D eigenvalue weighted by molar-refractivity contribution is -0.363. The monoisotopic (exact) mass is 442 g/mol. The SMILES string of the molecule is NC(=O)c1cnc(NC(C2CC2)C(F)(F)F)c2c1[nH]c1cc(-c3cnc(N)[nH+]c3)ccc12. The van der Waals surface area contributed by atoms with Gasteiger partial charge in [-0.15, -0.1) is 0 Å². The number of fused-ring (bicyclic) bond motifs is 3. The van der Waals surface area contributed by atoms with E-state index in [4.69, 9.17) is 11.5 Å². The Morgan fingerprint density at radius 3 is 2.62 bits per heavy atom. The third kappa shape index (κ3) is 3.45. The molecular weight excluding hydrogens is 423 g/mol. The number of halogens is 3. The molecule has 0 radical (unpaired) electrons. The van der Waals surface area contributed by atoms with E-state index in [1.54, 1.807) is 24.5 Å². The average Bonchev–Trinajstić information content (AvgIpc) is 3.50. The second-order valence-electron chi connectivity index (χ2n) is 7.91. The van der Waals surface area contributed by atoms with E-state index in [9.17, 15) is 18.0 Å². The summed E-state index contributed by atoms with van der Waals surface area (Å²) in [5, 5.41) is 3.59. The van der Waals surface area contributed by atoms with Gasteiger partial charge < -0.3 is 16.0 Å². The van der Waals surface area contributed by atoms with E-state index in [1.807, 2.05) is 6.07 Å². The average molecular weight is 442 g/mol. The second kappa shape index (κ2) is 7.08. The van der Waals surface area contributed by atoms with E-state index in [0.29, 0.717) is 34.6 Å². The zero-order valence-corrected chi connectivity index (χ0v) is 16.6. The van der Waals surface area contributed by atoms with Gasteiger partial charge in [-0.25, -0.2) is 9.97 Å². The largest absolute Gasteiger partial charge is 0.408 e. The van der Waals surface area contributed by atoms with Crippen molar-refractivity contribution < 1.29 is 22.9 Å². The number of aromatic nitrogens is 4. The molecule has 8 nitrogen and oxygen atoms in total. The molecule has 32 heavy (non-hydrogen) atoms. The third-order valence-corrected chi connectivity index (χ3v) is 5.68. The number of nitrogens with one attached hydrogen (secondary N) is 3. The summed E-state index contributed by atoms with van der Waals surface area (Å²) in [6, 6.07) is 3.67. The van der Waals surface area contributed by atoms with Crippen LogP contribution in [0.1, 0.15) is 23.2 Å². The maximum absolute atomic E-state index is 13.6. The van der Waals surface area contributed by atoms with Gasteiger partial charge >= 0.3 is 12.1 Å². The normalized spacial score (nSPS) is 15.2. The van der Waals surface area contributed by atoms with Gasteiger partial charge in [-0.05, 0) is 30.4 Å². The molecule has 5 rings (SSSR count). The molecule has 0 saturated heterocycles. The summed E-state index contributed by atoms with van der Waals surface area (Å²) in [5.41, 5.74) is 13.7. The Bertz CT molecular complexity index is 1340. The summed E-state index contributed by atoms with van der Waals surface area (Å²) in [4.78, 5) is 26.1. The van der Waals surface area contributed by atoms with Crippen molar-refractivity contribution in [1.29, 1.82) is 0 Å². The molecule has 7 N–H and O–H groups in total. The summed E-state index contributed by atoms with van der Waals surface area (Å²) in [6.07, 6.45) is 1.08. The maximum Gasteiger partial charge on any atom is 0.408 e. The number of hydrogen-bond donors (Lipinski definition) is 4. The van der Waals surface area contributed by atoms with Crippen LogP contribution >= 0.6 is 0 Å². The van der Waals surface area contributed by atoms with Crippen molar-refractivity contribution in [3.63, 3.8) is 0 Å². The molecule has 0 spiro atoms. The Hall–Kier alpha value is -3.89. The van der Waals surface area contributed by atoms with Crippen LogP contribution in [-0.4, -0.2) is 33.1 Å². The van der Waals surface area contributed by atoms with E-state index in [2.05, 4.69) is 25.3 Å². The number of nitrogens with zero attached hydrogens (tertiary/aromatic N) is 2. The van der Waals surface area contributed by atoms with Crippen LogP contribution in [0.15, 0.2) is 36.8 Å². The van der Waals surface area contributed by atoms with E-state index in [-0.39, 0.29) is 17.3 Å². The summed E-state index contributed by atoms with van der Waals surface area (Å²) in [7, 11) is 0. The van der Waals surface area contributed by atoms with Crippen LogP contribution in [0.25, 0.3) is 32.9 Å². The predicted molar refractivity (Wildman–Crippen MR) is 113 cm³/mol. The van der Waals surface area contributed by atoms with Crippen molar-refractivity contribution in [3.05, 3.63) is 42.4 Å². The van der Waals surface area contributed by atoms with Gasteiger partial charge in [0.2, 0.25) is 0 Å². The number of pyridine rings is 1. The lowest BCUT2D eigenvalue weighted by Crippen LogP contribution is -2.38. The molecule has 1 atom stereocenters. The van der Waals surface area contributed by atoms with Gasteiger partial charge in [-0.3, -0.25) is 10.5 Å². The molecule has 3 heterocycles. The maximum atomic E-state index is 13.6. The summed E-state index contributed by atoms with van der Waals surface area (Å²) < 4.78 is 40.9. The number of amides is 1. The Morgan fingerprint density at radius 1 is 1.22 bits per heavy atom. The van der Waals surface area contributed by atoms with Crippen molar-refractivity contribution in [2.45, 2.75) is 25.1 Å². The molecular formula is C21H19F3N7O+. The van der Waals surface area contributed by atoms with E-state index in [0.717, 1.165) is 11.1 Å². The number of carbonyl (C=O) groups excluding carboxylic acids is 1. The molecule has 164 valence electrons. The standard InChI is InChI=1S/C21H18F3N7O/c22-21(23,24)17(9-1-2-9)31-19-15-12-4-3-10(11-6-28-20(26)29-7-11)5-14(12)30-16(15)13(8-27-19)18(25)32/h3-9,17,30H,1-2H2,(H2,25,32)(H,27,31)(H2,26,28,29)/p+1. The molecule has 1 aromatic carbocycles. The molecule has 1 fully saturated rings. The van der Waals surface area contributed by atoms with Gasteiger partial charge in [0.05, 0.1) is 22.7 Å². The number of primary amides is 1. The predicted octanol–water partition coefficient (Wildman–Crippen LogP) is 3.03. The van der Waals surface area contributed by atoms with Gasteiger partial charge in [-0.1, -0.05) is 17.1 Å². The summed E-state index contributed by atoms with van der Waals surface area (Å²) in [6.45, 7) is 0. The highest BCUT2D eigenvalue weighted by Gasteiger charge is 2.49. The van der Waals surface area contributed by atoms with E-state index < -0.39 is 24.0 Å². The van der Waals surface area contributed by atoms with Crippen LogP contribution in [0.5, 0.6) is 0 Å². The zero-order valence-electron chi connectivity index (χ0n) is 16.6. The minimum absolute atomic E-state index is 0.0562. The van der Waals surface area contributed by atoms with Crippen LogP contribution in [0.2, 0.25) is 0 Å². The van der Waals surface area contributed by atoms with Crippen molar-refractivity contribution >= 4 is 39.5 Å². The van der Waals surface area contributed by atoms with Gasteiger partial charge in [0.15, 0.2) is 0 Å². The Balaban J connectivity index is 1.68. The fourth-order valence-electron chi connectivity index (χ4n) is 3.95. The first-order valence-corrected chi connectivity index (χ1v) is 9.93. The van der Waals surface area contributed by atoms with Crippen molar-refractivity contribution in [1.82, 2.24) is 15.0 Å². The summed E-state index contributed by atoms with van der Waals surface area (Å²) >= 11 is 0. The Morgan fingerprint density at radius 2 is 2.00 bits per heavy atom. The molecule has 1 aliphatic rings. The molecule has 1 amide bonds. The second-order valence-corrected chi connectivity index (χ2v) is 7.91. The van der Waals surface area contributed by atoms with Gasteiger partial charge in [0, 0.05) is 22.7 Å². The van der Waals surface area contributed by atoms with Gasteiger partial charge in [-0.2, -0.15) is 13.2 Å². The van der Waals surface area contributed by atoms with Crippen LogP contribution in [0, 0.1) is 5.92 Å². The Labute approximate surface area is 179 Å². The van der Waals surface area contributed by atoms with Gasteiger partial charge in [0.25, 0.3) is 5.91 Å². The number of nitrogen functional groups attached to an aromatic ring is 1. The molecule has 1 saturated carbocycles. The first kappa shape index (κ1) is 20.0. The molecule has 3 aromatic heterocycles. The number of alkyl halides is 3. The molecule has 11 heteroatoms. The van der Waals surface area contributed by atoms with Crippen LogP contribution in [0.3, 0.4) is 0 Å². The number of benzene rings is 1.